The van der Waals surface area contributed by atoms with Crippen LogP contribution in [0.5, 0.6) is 0 Å². The van der Waals surface area contributed by atoms with Crippen LogP contribution in [0.15, 0.2) is 11.0 Å². The summed E-state index contributed by atoms with van der Waals surface area (Å²) in [5.41, 5.74) is -0.955. The molecule has 0 bridgehead atoms. The summed E-state index contributed by atoms with van der Waals surface area (Å²) in [5.74, 6) is -2.89. The molecule has 136 valence electrons. The molecule has 0 aromatic carbocycles. The van der Waals surface area contributed by atoms with E-state index in [1.165, 1.54) is 0 Å². The predicted octanol–water partition coefficient (Wildman–Crippen LogP) is -0.269. The summed E-state index contributed by atoms with van der Waals surface area (Å²) in [6.07, 6.45) is -3.24. The van der Waals surface area contributed by atoms with Crippen LogP contribution < -0.4 is 11.0 Å². The van der Waals surface area contributed by atoms with Gasteiger partial charge in [0.15, 0.2) is 30.1 Å². The average Bonchev–Trinajstić information content (AvgIpc) is 2.79. The molecular formula is C14H16FN3O7. The third-order valence-corrected chi connectivity index (χ3v) is 3.40. The number of hydrogen-bond acceptors (Lipinski definition) is 8. The Morgan fingerprint density at radius 2 is 1.92 bits per heavy atom. The maximum Gasteiger partial charge on any atom is 0.351 e. The van der Waals surface area contributed by atoms with Crippen molar-refractivity contribution in [3.05, 3.63) is 22.5 Å². The van der Waals surface area contributed by atoms with E-state index in [2.05, 4.69) is 4.98 Å². The van der Waals surface area contributed by atoms with Gasteiger partial charge in [-0.15, -0.1) is 0 Å². The number of carbonyl (C=O) groups excluding carboxylic acids is 3. The van der Waals surface area contributed by atoms with E-state index in [9.17, 15) is 23.6 Å². The van der Waals surface area contributed by atoms with Crippen LogP contribution in [0.25, 0.3) is 0 Å². The zero-order valence-corrected chi connectivity index (χ0v) is 13.6. The van der Waals surface area contributed by atoms with Gasteiger partial charge in [0.1, 0.15) is 0 Å². The van der Waals surface area contributed by atoms with Gasteiger partial charge in [-0.1, -0.05) is 0 Å². The van der Waals surface area contributed by atoms with Crippen molar-refractivity contribution in [3.63, 3.8) is 0 Å². The Bertz CT molecular complexity index is 750. The fraction of sp³-hybridized carbons (Fsp3) is 0.500. The predicted molar refractivity (Wildman–Crippen MR) is 78.8 cm³/mol. The fourth-order valence-corrected chi connectivity index (χ4v) is 2.48. The van der Waals surface area contributed by atoms with Gasteiger partial charge in [-0.2, -0.15) is 4.98 Å². The van der Waals surface area contributed by atoms with Gasteiger partial charge in [-0.05, 0) is 6.92 Å². The Hall–Kier alpha value is -2.82. The highest BCUT2D eigenvalue weighted by atomic mass is 19.1. The average molecular weight is 357 g/mol. The molecule has 1 aromatic heterocycles. The summed E-state index contributed by atoms with van der Waals surface area (Å²) < 4.78 is 30.5. The van der Waals surface area contributed by atoms with Gasteiger partial charge in [0.25, 0.3) is 0 Å². The molecule has 1 N–H and O–H groups in total. The van der Waals surface area contributed by atoms with Gasteiger partial charge in [-0.3, -0.25) is 19.0 Å². The molecule has 1 amide bonds. The number of nitrogens with one attached hydrogen (secondary N) is 1. The highest BCUT2D eigenvalue weighted by Crippen LogP contribution is 2.33. The van der Waals surface area contributed by atoms with Gasteiger partial charge in [0.05, 0.1) is 12.3 Å². The second-order valence-corrected chi connectivity index (χ2v) is 5.27. The van der Waals surface area contributed by atoms with Gasteiger partial charge in [-0.25, -0.2) is 9.18 Å². The minimum absolute atomic E-state index is 0.168. The van der Waals surface area contributed by atoms with Crippen LogP contribution in [0, 0.1) is 5.82 Å². The first-order valence-corrected chi connectivity index (χ1v) is 7.23. The van der Waals surface area contributed by atoms with E-state index in [4.69, 9.17) is 14.2 Å². The molecule has 0 radical (unpaired) electrons. The molecule has 1 aliphatic heterocycles. The van der Waals surface area contributed by atoms with E-state index in [0.29, 0.717) is 0 Å². The number of anilines is 1. The number of aromatic nitrogens is 2. The van der Waals surface area contributed by atoms with Crippen molar-refractivity contribution in [1.29, 1.82) is 0 Å². The van der Waals surface area contributed by atoms with Gasteiger partial charge >= 0.3 is 17.6 Å². The van der Waals surface area contributed by atoms with Gasteiger partial charge in [0, 0.05) is 13.8 Å². The SMILES string of the molecule is CC(=O)O[C@@H]1C(C)OC(n2cc(F)c(NC=O)nc2=O)[C@@H]1OC(C)=O. The molecule has 1 saturated heterocycles. The lowest BCUT2D eigenvalue weighted by Gasteiger charge is -2.23. The van der Waals surface area contributed by atoms with Crippen molar-refractivity contribution in [2.24, 2.45) is 0 Å². The smallest absolute Gasteiger partial charge is 0.351 e. The van der Waals surface area contributed by atoms with E-state index in [1.54, 1.807) is 6.92 Å². The van der Waals surface area contributed by atoms with Crippen molar-refractivity contribution in [2.45, 2.75) is 45.3 Å². The summed E-state index contributed by atoms with van der Waals surface area (Å²) in [4.78, 5) is 48.5. The Morgan fingerprint density at radius 3 is 2.48 bits per heavy atom. The maximum atomic E-state index is 14.0. The molecule has 2 rings (SSSR count). The third-order valence-electron chi connectivity index (χ3n) is 3.40. The first-order chi connectivity index (χ1) is 11.7. The van der Waals surface area contributed by atoms with Crippen LogP contribution in [0.4, 0.5) is 10.2 Å². The molecule has 1 fully saturated rings. The fourth-order valence-electron chi connectivity index (χ4n) is 2.48. The molecule has 4 atom stereocenters. The van der Waals surface area contributed by atoms with Crippen LogP contribution in [0.3, 0.4) is 0 Å². The number of carbonyl (C=O) groups is 3. The monoisotopic (exact) mass is 357 g/mol. The van der Waals surface area contributed by atoms with Crippen molar-refractivity contribution >= 4 is 24.2 Å². The molecule has 2 unspecified atom stereocenters. The lowest BCUT2D eigenvalue weighted by atomic mass is 10.1. The van der Waals surface area contributed by atoms with Crippen LogP contribution in [0.1, 0.15) is 27.0 Å². The van der Waals surface area contributed by atoms with Crippen LogP contribution >= 0.6 is 0 Å². The van der Waals surface area contributed by atoms with Crippen LogP contribution in [0.2, 0.25) is 0 Å². The van der Waals surface area contributed by atoms with Gasteiger partial charge in [0.2, 0.25) is 6.41 Å². The first kappa shape index (κ1) is 18.5. The number of amides is 1. The normalized spacial score (nSPS) is 25.3. The van der Waals surface area contributed by atoms with E-state index in [1.807, 2.05) is 5.32 Å². The first-order valence-electron chi connectivity index (χ1n) is 7.23. The summed E-state index contributed by atoms with van der Waals surface area (Å²) in [6.45, 7) is 3.84. The lowest BCUT2D eigenvalue weighted by Crippen LogP contribution is -2.40. The second kappa shape index (κ2) is 7.38. The standard InChI is InChI=1S/C14H16FN3O7/c1-6-10(24-7(2)20)11(25-8(3)21)13(23-6)18-4-9(15)12(16-5-19)17-14(18)22/h4-6,10-11,13H,1-3H3,(H,16,17,19,22)/t6?,10-,11-,13?/m1/s1. The highest BCUT2D eigenvalue weighted by Gasteiger charge is 2.48. The van der Waals surface area contributed by atoms with Crippen molar-refractivity contribution in [1.82, 2.24) is 9.55 Å². The van der Waals surface area contributed by atoms with Crippen molar-refractivity contribution in [2.75, 3.05) is 5.32 Å². The van der Waals surface area contributed by atoms with Crippen molar-refractivity contribution < 1.29 is 33.0 Å². The zero-order valence-electron chi connectivity index (χ0n) is 13.6. The molecule has 25 heavy (non-hydrogen) atoms. The minimum atomic E-state index is -1.26. The molecule has 1 aliphatic rings. The summed E-state index contributed by atoms with van der Waals surface area (Å²) in [5, 5.41) is 1.95. The largest absolute Gasteiger partial charge is 0.456 e. The quantitative estimate of drug-likeness (QED) is 0.564. The van der Waals surface area contributed by atoms with E-state index in [-0.39, 0.29) is 6.41 Å². The summed E-state index contributed by atoms with van der Waals surface area (Å²) in [7, 11) is 0. The molecule has 0 spiro atoms. The molecule has 11 heteroatoms. The molecule has 10 nitrogen and oxygen atoms in total. The Kier molecular flexibility index (Phi) is 5.47. The number of esters is 2. The van der Waals surface area contributed by atoms with Gasteiger partial charge < -0.3 is 19.5 Å². The van der Waals surface area contributed by atoms with Crippen LogP contribution in [-0.4, -0.2) is 46.2 Å². The molecule has 0 aliphatic carbocycles. The third kappa shape index (κ3) is 3.99. The second-order valence-electron chi connectivity index (χ2n) is 5.27. The number of nitrogens with zero attached hydrogens (tertiary/aromatic N) is 2. The molecule has 1 aromatic rings. The highest BCUT2D eigenvalue weighted by molar-refractivity contribution is 5.68. The number of ether oxygens (including phenoxy) is 3. The summed E-state index contributed by atoms with van der Waals surface area (Å²) in [6, 6.07) is 0. The topological polar surface area (TPSA) is 126 Å². The molecule has 0 saturated carbocycles. The number of halogens is 1. The Labute approximate surface area is 140 Å². The molecule has 2 heterocycles. The Morgan fingerprint density at radius 1 is 1.32 bits per heavy atom. The Balaban J connectivity index is 2.43. The van der Waals surface area contributed by atoms with E-state index < -0.39 is 53.8 Å². The van der Waals surface area contributed by atoms with Crippen molar-refractivity contribution in [3.8, 4) is 0 Å². The maximum absolute atomic E-state index is 14.0. The summed E-state index contributed by atoms with van der Waals surface area (Å²) >= 11 is 0. The molecular weight excluding hydrogens is 341 g/mol. The zero-order chi connectivity index (χ0) is 18.7. The number of rotatable bonds is 5. The number of hydrogen-bond donors (Lipinski definition) is 1. The lowest BCUT2D eigenvalue weighted by molar-refractivity contribution is -0.165. The van der Waals surface area contributed by atoms with E-state index in [0.717, 1.165) is 24.6 Å². The van der Waals surface area contributed by atoms with Crippen LogP contribution in [-0.2, 0) is 28.6 Å². The minimum Gasteiger partial charge on any atom is -0.456 e. The van der Waals surface area contributed by atoms with E-state index >= 15 is 0 Å².